The molecule has 2 aromatic rings. The van der Waals surface area contributed by atoms with Crippen LogP contribution < -0.4 is 18.9 Å². The van der Waals surface area contributed by atoms with E-state index in [0.29, 0.717) is 0 Å². The van der Waals surface area contributed by atoms with Crippen molar-refractivity contribution in [2.75, 3.05) is 21.0 Å². The van der Waals surface area contributed by atoms with Gasteiger partial charge in [0, 0.05) is 18.1 Å². The predicted molar refractivity (Wildman–Crippen MR) is 74.9 cm³/mol. The molecule has 2 aromatic carbocycles. The van der Waals surface area contributed by atoms with Crippen LogP contribution in [0.15, 0.2) is 36.4 Å². The molecule has 0 saturated carbocycles. The largest absolute Gasteiger partial charge is 0.497 e. The minimum Gasteiger partial charge on any atom is -0.497 e. The summed E-state index contributed by atoms with van der Waals surface area (Å²) in [5.41, 5.74) is 2.25. The average Bonchev–Trinajstić information content (AvgIpc) is 2.94. The number of hydrogen-bond acceptors (Lipinski definition) is 4. The van der Waals surface area contributed by atoms with E-state index in [9.17, 15) is 0 Å². The van der Waals surface area contributed by atoms with Crippen molar-refractivity contribution in [2.24, 2.45) is 0 Å². The highest BCUT2D eigenvalue weighted by atomic mass is 16.7. The van der Waals surface area contributed by atoms with Crippen molar-refractivity contribution in [1.82, 2.24) is 0 Å². The molecule has 1 aliphatic rings. The second kappa shape index (κ2) is 5.33. The van der Waals surface area contributed by atoms with E-state index in [1.165, 1.54) is 5.56 Å². The maximum atomic E-state index is 5.43. The van der Waals surface area contributed by atoms with Crippen molar-refractivity contribution in [2.45, 2.75) is 6.42 Å². The van der Waals surface area contributed by atoms with E-state index in [1.54, 1.807) is 14.2 Å². The van der Waals surface area contributed by atoms with Crippen LogP contribution in [-0.4, -0.2) is 21.0 Å². The Morgan fingerprint density at radius 3 is 2.30 bits per heavy atom. The van der Waals surface area contributed by atoms with E-state index in [-0.39, 0.29) is 6.79 Å². The van der Waals surface area contributed by atoms with Gasteiger partial charge in [-0.2, -0.15) is 0 Å². The SMILES string of the molecule is COc1ccc(Cc2cc3c(cc2OC)OCO3)cc1. The van der Waals surface area contributed by atoms with E-state index in [0.717, 1.165) is 35.0 Å². The number of benzene rings is 2. The van der Waals surface area contributed by atoms with E-state index >= 15 is 0 Å². The van der Waals surface area contributed by atoms with Crippen molar-refractivity contribution >= 4 is 0 Å². The monoisotopic (exact) mass is 272 g/mol. The van der Waals surface area contributed by atoms with Gasteiger partial charge in [-0.15, -0.1) is 0 Å². The van der Waals surface area contributed by atoms with Crippen LogP contribution in [0.3, 0.4) is 0 Å². The Labute approximate surface area is 117 Å². The maximum Gasteiger partial charge on any atom is 0.231 e. The molecule has 0 saturated heterocycles. The van der Waals surface area contributed by atoms with Gasteiger partial charge in [-0.3, -0.25) is 0 Å². The second-order valence-electron chi connectivity index (χ2n) is 4.54. The highest BCUT2D eigenvalue weighted by Gasteiger charge is 2.17. The molecule has 0 amide bonds. The number of rotatable bonds is 4. The van der Waals surface area contributed by atoms with Crippen LogP contribution in [0.5, 0.6) is 23.0 Å². The number of methoxy groups -OCH3 is 2. The normalized spacial score (nSPS) is 12.3. The third-order valence-electron chi connectivity index (χ3n) is 3.33. The average molecular weight is 272 g/mol. The van der Waals surface area contributed by atoms with Crippen LogP contribution in [-0.2, 0) is 6.42 Å². The second-order valence-corrected chi connectivity index (χ2v) is 4.54. The lowest BCUT2D eigenvalue weighted by Crippen LogP contribution is -1.94. The molecule has 20 heavy (non-hydrogen) atoms. The summed E-state index contributed by atoms with van der Waals surface area (Å²) in [7, 11) is 3.32. The summed E-state index contributed by atoms with van der Waals surface area (Å²) in [5, 5.41) is 0. The molecule has 0 N–H and O–H groups in total. The molecule has 104 valence electrons. The van der Waals surface area contributed by atoms with Gasteiger partial charge in [-0.1, -0.05) is 12.1 Å². The fourth-order valence-electron chi connectivity index (χ4n) is 2.26. The molecular formula is C16H16O4. The zero-order chi connectivity index (χ0) is 13.9. The number of ether oxygens (including phenoxy) is 4. The first-order valence-electron chi connectivity index (χ1n) is 6.39. The van der Waals surface area contributed by atoms with E-state index in [4.69, 9.17) is 18.9 Å². The number of hydrogen-bond donors (Lipinski definition) is 0. The van der Waals surface area contributed by atoms with Crippen molar-refractivity contribution in [3.8, 4) is 23.0 Å². The lowest BCUT2D eigenvalue weighted by atomic mass is 10.0. The van der Waals surface area contributed by atoms with Gasteiger partial charge in [0.25, 0.3) is 0 Å². The minimum atomic E-state index is 0.268. The van der Waals surface area contributed by atoms with Crippen LogP contribution >= 0.6 is 0 Å². The van der Waals surface area contributed by atoms with Gasteiger partial charge in [-0.25, -0.2) is 0 Å². The molecule has 0 radical (unpaired) electrons. The highest BCUT2D eigenvalue weighted by molar-refractivity contribution is 5.53. The molecule has 4 nitrogen and oxygen atoms in total. The molecule has 0 bridgehead atoms. The molecular weight excluding hydrogens is 256 g/mol. The molecule has 1 aliphatic heterocycles. The molecule has 3 rings (SSSR count). The predicted octanol–water partition coefficient (Wildman–Crippen LogP) is 3.02. The first kappa shape index (κ1) is 12.7. The summed E-state index contributed by atoms with van der Waals surface area (Å²) in [5.74, 6) is 3.17. The van der Waals surface area contributed by atoms with Gasteiger partial charge in [0.2, 0.25) is 6.79 Å². The number of fused-ring (bicyclic) bond motifs is 1. The molecule has 4 heteroatoms. The zero-order valence-corrected chi connectivity index (χ0v) is 11.5. The molecule has 0 unspecified atom stereocenters. The Hall–Kier alpha value is -2.36. The smallest absolute Gasteiger partial charge is 0.231 e. The Balaban J connectivity index is 1.89. The van der Waals surface area contributed by atoms with Crippen molar-refractivity contribution in [3.63, 3.8) is 0 Å². The van der Waals surface area contributed by atoms with E-state index in [2.05, 4.69) is 0 Å². The van der Waals surface area contributed by atoms with Crippen molar-refractivity contribution in [1.29, 1.82) is 0 Å². The summed E-state index contributed by atoms with van der Waals surface area (Å²) in [6, 6.07) is 11.8. The van der Waals surface area contributed by atoms with Crippen LogP contribution in [0, 0.1) is 0 Å². The maximum absolute atomic E-state index is 5.43. The van der Waals surface area contributed by atoms with Crippen LogP contribution in [0.25, 0.3) is 0 Å². The van der Waals surface area contributed by atoms with Gasteiger partial charge in [0.05, 0.1) is 14.2 Å². The summed E-state index contributed by atoms with van der Waals surface area (Å²) in [4.78, 5) is 0. The van der Waals surface area contributed by atoms with E-state index in [1.807, 2.05) is 36.4 Å². The summed E-state index contributed by atoms with van der Waals surface area (Å²) < 4.78 is 21.4. The third-order valence-corrected chi connectivity index (χ3v) is 3.33. The first-order chi connectivity index (χ1) is 9.80. The Kier molecular flexibility index (Phi) is 3.37. The van der Waals surface area contributed by atoms with Crippen LogP contribution in [0.4, 0.5) is 0 Å². The lowest BCUT2D eigenvalue weighted by Gasteiger charge is -2.10. The third kappa shape index (κ3) is 2.37. The van der Waals surface area contributed by atoms with Gasteiger partial charge in [0.1, 0.15) is 11.5 Å². The summed E-state index contributed by atoms with van der Waals surface area (Å²) in [6.45, 7) is 0.268. The quantitative estimate of drug-likeness (QED) is 0.857. The standard InChI is InChI=1S/C16H16O4/c1-17-13-5-3-11(4-6-13)7-12-8-15-16(20-10-19-15)9-14(12)18-2/h3-6,8-9H,7,10H2,1-2H3. The molecule has 0 aromatic heterocycles. The van der Waals surface area contributed by atoms with Gasteiger partial charge in [0.15, 0.2) is 11.5 Å². The Morgan fingerprint density at radius 1 is 0.950 bits per heavy atom. The molecule has 0 fully saturated rings. The van der Waals surface area contributed by atoms with Crippen LogP contribution in [0.2, 0.25) is 0 Å². The molecule has 0 spiro atoms. The Morgan fingerprint density at radius 2 is 1.65 bits per heavy atom. The van der Waals surface area contributed by atoms with Crippen LogP contribution in [0.1, 0.15) is 11.1 Å². The lowest BCUT2D eigenvalue weighted by molar-refractivity contribution is 0.174. The summed E-state index contributed by atoms with van der Waals surface area (Å²) in [6.07, 6.45) is 0.768. The van der Waals surface area contributed by atoms with Gasteiger partial charge in [-0.05, 0) is 23.8 Å². The van der Waals surface area contributed by atoms with Gasteiger partial charge >= 0.3 is 0 Å². The van der Waals surface area contributed by atoms with Crippen molar-refractivity contribution in [3.05, 3.63) is 47.5 Å². The van der Waals surface area contributed by atoms with Gasteiger partial charge < -0.3 is 18.9 Å². The first-order valence-corrected chi connectivity index (χ1v) is 6.39. The highest BCUT2D eigenvalue weighted by Crippen LogP contribution is 2.38. The summed E-state index contributed by atoms with van der Waals surface area (Å²) >= 11 is 0. The topological polar surface area (TPSA) is 36.9 Å². The molecule has 0 atom stereocenters. The Bertz CT molecular complexity index is 605. The fraction of sp³-hybridized carbons (Fsp3) is 0.250. The fourth-order valence-corrected chi connectivity index (χ4v) is 2.26. The molecule has 1 heterocycles. The molecule has 0 aliphatic carbocycles. The minimum absolute atomic E-state index is 0.268. The van der Waals surface area contributed by atoms with Crippen molar-refractivity contribution < 1.29 is 18.9 Å². The van der Waals surface area contributed by atoms with E-state index < -0.39 is 0 Å². The zero-order valence-electron chi connectivity index (χ0n) is 11.5.